The Morgan fingerprint density at radius 2 is 2.11 bits per heavy atom. The van der Waals surface area contributed by atoms with Crippen LogP contribution in [0.25, 0.3) is 0 Å². The number of hydrogen-bond donors (Lipinski definition) is 2. The summed E-state index contributed by atoms with van der Waals surface area (Å²) in [5, 5.41) is 11.2. The third-order valence-electron chi connectivity index (χ3n) is 3.17. The van der Waals surface area contributed by atoms with Crippen molar-refractivity contribution in [2.24, 2.45) is 0 Å². The fraction of sp³-hybridized carbons (Fsp3) is 0.462. The van der Waals surface area contributed by atoms with Crippen molar-refractivity contribution >= 4 is 17.6 Å². The van der Waals surface area contributed by atoms with Gasteiger partial charge in [0.1, 0.15) is 11.7 Å². The smallest absolute Gasteiger partial charge is 0.325 e. The van der Waals surface area contributed by atoms with Crippen LogP contribution in [0.4, 0.5) is 5.69 Å². The number of rotatable bonds is 4. The van der Waals surface area contributed by atoms with Crippen LogP contribution >= 0.6 is 0 Å². The molecule has 6 nitrogen and oxygen atoms in total. The number of pyridine rings is 1. The van der Waals surface area contributed by atoms with Crippen LogP contribution < -0.4 is 10.2 Å². The highest BCUT2D eigenvalue weighted by atomic mass is 16.4. The first-order valence-electron chi connectivity index (χ1n) is 6.32. The average Bonchev–Trinajstić information content (AvgIpc) is 2.92. The van der Waals surface area contributed by atoms with E-state index in [2.05, 4.69) is 15.2 Å². The third kappa shape index (κ3) is 3.21. The second-order valence-electron chi connectivity index (χ2n) is 4.63. The number of carbonyl (C=O) groups is 2. The fourth-order valence-corrected chi connectivity index (χ4v) is 2.05. The van der Waals surface area contributed by atoms with E-state index in [4.69, 9.17) is 5.11 Å². The van der Waals surface area contributed by atoms with E-state index in [9.17, 15) is 9.59 Å². The molecular formula is C13H17N3O3. The van der Waals surface area contributed by atoms with Gasteiger partial charge in [-0.15, -0.1) is 0 Å². The summed E-state index contributed by atoms with van der Waals surface area (Å²) in [6, 6.07) is 2.64. The van der Waals surface area contributed by atoms with Crippen LogP contribution in [0.5, 0.6) is 0 Å². The molecule has 0 aliphatic carbocycles. The Hall–Kier alpha value is -2.11. The molecule has 102 valence electrons. The van der Waals surface area contributed by atoms with Gasteiger partial charge in [-0.2, -0.15) is 0 Å². The highest BCUT2D eigenvalue weighted by molar-refractivity contribution is 5.95. The summed E-state index contributed by atoms with van der Waals surface area (Å²) < 4.78 is 0. The van der Waals surface area contributed by atoms with Gasteiger partial charge in [-0.05, 0) is 31.9 Å². The predicted molar refractivity (Wildman–Crippen MR) is 70.2 cm³/mol. The molecule has 6 heteroatoms. The molecule has 2 rings (SSSR count). The molecule has 0 saturated carbocycles. The largest absolute Gasteiger partial charge is 0.480 e. The molecule has 1 amide bonds. The zero-order valence-electron chi connectivity index (χ0n) is 10.8. The molecular weight excluding hydrogens is 246 g/mol. The summed E-state index contributed by atoms with van der Waals surface area (Å²) in [6.45, 7) is 3.39. The van der Waals surface area contributed by atoms with Crippen molar-refractivity contribution in [2.45, 2.75) is 25.8 Å². The number of nitrogens with zero attached hydrogens (tertiary/aromatic N) is 2. The number of aromatic nitrogens is 1. The van der Waals surface area contributed by atoms with Crippen LogP contribution in [0, 0.1) is 0 Å². The van der Waals surface area contributed by atoms with Crippen LogP contribution in [0.1, 0.15) is 30.3 Å². The summed E-state index contributed by atoms with van der Waals surface area (Å²) in [4.78, 5) is 28.8. The number of carboxylic acids is 1. The lowest BCUT2D eigenvalue weighted by atomic mass is 10.2. The predicted octanol–water partition coefficient (Wildman–Crippen LogP) is 0.885. The Bertz CT molecular complexity index is 484. The van der Waals surface area contributed by atoms with Crippen LogP contribution in [0.3, 0.4) is 0 Å². The minimum atomic E-state index is -1.07. The Kier molecular flexibility index (Phi) is 3.99. The van der Waals surface area contributed by atoms with Crippen molar-refractivity contribution in [2.75, 3.05) is 18.0 Å². The Labute approximate surface area is 111 Å². The van der Waals surface area contributed by atoms with Crippen molar-refractivity contribution < 1.29 is 14.7 Å². The Balaban J connectivity index is 2.09. The molecule has 1 saturated heterocycles. The third-order valence-corrected chi connectivity index (χ3v) is 3.17. The lowest BCUT2D eigenvalue weighted by Crippen LogP contribution is -2.38. The molecule has 1 fully saturated rings. The van der Waals surface area contributed by atoms with Crippen LogP contribution in [-0.4, -0.2) is 41.1 Å². The lowest BCUT2D eigenvalue weighted by molar-refractivity contribution is -0.138. The highest BCUT2D eigenvalue weighted by Gasteiger charge is 2.18. The molecule has 0 unspecified atom stereocenters. The van der Waals surface area contributed by atoms with E-state index in [-0.39, 0.29) is 5.69 Å². The van der Waals surface area contributed by atoms with Crippen molar-refractivity contribution in [3.8, 4) is 0 Å². The van der Waals surface area contributed by atoms with E-state index in [1.165, 1.54) is 6.92 Å². The number of carbonyl (C=O) groups excluding carboxylic acids is 1. The molecule has 2 N–H and O–H groups in total. The zero-order valence-corrected chi connectivity index (χ0v) is 10.8. The summed E-state index contributed by atoms with van der Waals surface area (Å²) >= 11 is 0. The molecule has 0 radical (unpaired) electrons. The van der Waals surface area contributed by atoms with Crippen molar-refractivity contribution in [3.05, 3.63) is 24.0 Å². The number of hydrogen-bond acceptors (Lipinski definition) is 4. The summed E-state index contributed by atoms with van der Waals surface area (Å²) in [5.41, 5.74) is 1.21. The lowest BCUT2D eigenvalue weighted by Gasteiger charge is -2.18. The van der Waals surface area contributed by atoms with Crippen LogP contribution in [0.2, 0.25) is 0 Å². The van der Waals surface area contributed by atoms with Gasteiger partial charge in [0.2, 0.25) is 0 Å². The van der Waals surface area contributed by atoms with Crippen LogP contribution in [-0.2, 0) is 4.79 Å². The number of nitrogens with one attached hydrogen (secondary N) is 1. The van der Waals surface area contributed by atoms with E-state index in [1.54, 1.807) is 12.3 Å². The summed E-state index contributed by atoms with van der Waals surface area (Å²) in [5.74, 6) is -1.53. The maximum absolute atomic E-state index is 11.9. The second kappa shape index (κ2) is 5.69. The maximum atomic E-state index is 11.9. The molecule has 2 heterocycles. The maximum Gasteiger partial charge on any atom is 0.325 e. The Morgan fingerprint density at radius 3 is 2.74 bits per heavy atom. The molecule has 1 aliphatic heterocycles. The monoisotopic (exact) mass is 263 g/mol. The van der Waals surface area contributed by atoms with E-state index in [0.717, 1.165) is 31.6 Å². The van der Waals surface area contributed by atoms with E-state index in [0.29, 0.717) is 0 Å². The van der Waals surface area contributed by atoms with E-state index in [1.807, 2.05) is 6.07 Å². The number of amides is 1. The van der Waals surface area contributed by atoms with Gasteiger partial charge in [0, 0.05) is 25.0 Å². The van der Waals surface area contributed by atoms with Gasteiger partial charge in [0.15, 0.2) is 0 Å². The fourth-order valence-electron chi connectivity index (χ4n) is 2.05. The first-order valence-corrected chi connectivity index (χ1v) is 6.32. The van der Waals surface area contributed by atoms with Gasteiger partial charge in [-0.25, -0.2) is 0 Å². The molecule has 0 aromatic carbocycles. The first-order chi connectivity index (χ1) is 9.08. The van der Waals surface area contributed by atoms with Gasteiger partial charge in [0.05, 0.1) is 0 Å². The molecule has 0 bridgehead atoms. The topological polar surface area (TPSA) is 82.5 Å². The normalized spacial score (nSPS) is 16.2. The van der Waals surface area contributed by atoms with Gasteiger partial charge < -0.3 is 15.3 Å². The molecule has 1 aromatic heterocycles. The quantitative estimate of drug-likeness (QED) is 0.842. The minimum Gasteiger partial charge on any atom is -0.480 e. The SMILES string of the molecule is C[C@@H](NC(=O)c1cc(N2CCCC2)ccn1)C(=O)O. The average molecular weight is 263 g/mol. The Morgan fingerprint density at radius 1 is 1.42 bits per heavy atom. The molecule has 1 aliphatic rings. The second-order valence-corrected chi connectivity index (χ2v) is 4.63. The van der Waals surface area contributed by atoms with Crippen molar-refractivity contribution in [1.29, 1.82) is 0 Å². The van der Waals surface area contributed by atoms with Crippen molar-refractivity contribution in [1.82, 2.24) is 10.3 Å². The summed E-state index contributed by atoms with van der Waals surface area (Å²) in [7, 11) is 0. The van der Waals surface area contributed by atoms with Gasteiger partial charge in [-0.3, -0.25) is 14.6 Å². The van der Waals surface area contributed by atoms with Gasteiger partial charge in [0.25, 0.3) is 5.91 Å². The highest BCUT2D eigenvalue weighted by Crippen LogP contribution is 2.19. The number of aliphatic carboxylic acids is 1. The molecule has 0 spiro atoms. The zero-order chi connectivity index (χ0) is 13.8. The van der Waals surface area contributed by atoms with Crippen molar-refractivity contribution in [3.63, 3.8) is 0 Å². The number of anilines is 1. The number of carboxylic acid groups (broad SMARTS) is 1. The van der Waals surface area contributed by atoms with E-state index >= 15 is 0 Å². The van der Waals surface area contributed by atoms with Gasteiger partial charge in [-0.1, -0.05) is 0 Å². The first kappa shape index (κ1) is 13.3. The standard InChI is InChI=1S/C13H17N3O3/c1-9(13(18)19)15-12(17)11-8-10(4-5-14-11)16-6-2-3-7-16/h4-5,8-9H,2-3,6-7H2,1H3,(H,15,17)(H,18,19)/t9-/m1/s1. The minimum absolute atomic E-state index is 0.248. The summed E-state index contributed by atoms with van der Waals surface area (Å²) in [6.07, 6.45) is 3.88. The molecule has 1 aromatic rings. The van der Waals surface area contributed by atoms with Gasteiger partial charge >= 0.3 is 5.97 Å². The molecule has 1 atom stereocenters. The van der Waals surface area contributed by atoms with E-state index < -0.39 is 17.9 Å². The van der Waals surface area contributed by atoms with Crippen LogP contribution in [0.15, 0.2) is 18.3 Å². The molecule has 19 heavy (non-hydrogen) atoms.